The van der Waals surface area contributed by atoms with Gasteiger partial charge >= 0.3 is 0 Å². The Morgan fingerprint density at radius 2 is 1.83 bits per heavy atom. The van der Waals surface area contributed by atoms with Gasteiger partial charge in [-0.1, -0.05) is 17.7 Å². The number of nitrogen functional groups attached to an aromatic ring is 1. The summed E-state index contributed by atoms with van der Waals surface area (Å²) in [5.74, 6) is 1.31. The summed E-state index contributed by atoms with van der Waals surface area (Å²) in [6.07, 6.45) is 1.64. The molecular weight excluding hydrogens is 292 g/mol. The molecule has 0 aliphatic heterocycles. The van der Waals surface area contributed by atoms with E-state index in [0.29, 0.717) is 23.2 Å². The first-order valence-electron chi connectivity index (χ1n) is 7.00. The number of nitrogens with zero attached hydrogens (tertiary/aromatic N) is 4. The number of nitrogens with two attached hydrogens (primary N) is 1. The molecule has 116 valence electrons. The molecule has 7 heteroatoms. The molecular formula is C16H16N6O. The van der Waals surface area contributed by atoms with Gasteiger partial charge in [-0.25, -0.2) is 4.98 Å². The number of rotatable bonds is 4. The molecule has 0 atom stereocenters. The molecule has 3 N–H and O–H groups in total. The third-order valence-electron chi connectivity index (χ3n) is 3.17. The van der Waals surface area contributed by atoms with Crippen molar-refractivity contribution in [2.45, 2.75) is 6.92 Å². The predicted molar refractivity (Wildman–Crippen MR) is 88.5 cm³/mol. The molecule has 0 saturated carbocycles. The van der Waals surface area contributed by atoms with Crippen LogP contribution < -0.4 is 15.8 Å². The maximum absolute atomic E-state index is 5.80. The van der Waals surface area contributed by atoms with Gasteiger partial charge in [0.2, 0.25) is 17.8 Å². The van der Waals surface area contributed by atoms with Crippen LogP contribution in [-0.2, 0) is 0 Å². The standard InChI is InChI=1S/C16H16N6O/c1-10-5-7-11(8-6-10)19-16-21-13(20-15(17)22-16)12-4-3-9-18-14(12)23-2/h3-9H,1-2H3,(H3,17,19,20,21,22). The first kappa shape index (κ1) is 14.7. The Balaban J connectivity index is 1.97. The Morgan fingerprint density at radius 1 is 1.04 bits per heavy atom. The summed E-state index contributed by atoms with van der Waals surface area (Å²) in [5, 5.41) is 3.12. The van der Waals surface area contributed by atoms with E-state index < -0.39 is 0 Å². The van der Waals surface area contributed by atoms with Gasteiger partial charge in [0.15, 0.2) is 5.82 Å². The van der Waals surface area contributed by atoms with Crippen molar-refractivity contribution >= 4 is 17.6 Å². The number of aromatic nitrogens is 4. The van der Waals surface area contributed by atoms with Crippen LogP contribution in [0.1, 0.15) is 5.56 Å². The average molecular weight is 308 g/mol. The quantitative estimate of drug-likeness (QED) is 0.764. The molecule has 0 aliphatic carbocycles. The average Bonchev–Trinajstić information content (AvgIpc) is 2.56. The Morgan fingerprint density at radius 3 is 2.57 bits per heavy atom. The molecule has 1 aromatic carbocycles. The summed E-state index contributed by atoms with van der Waals surface area (Å²) in [5.41, 5.74) is 8.49. The van der Waals surface area contributed by atoms with Crippen LogP contribution >= 0.6 is 0 Å². The van der Waals surface area contributed by atoms with Crippen molar-refractivity contribution in [3.8, 4) is 17.3 Å². The summed E-state index contributed by atoms with van der Waals surface area (Å²) in [4.78, 5) is 16.8. The summed E-state index contributed by atoms with van der Waals surface area (Å²) in [6.45, 7) is 2.03. The number of benzene rings is 1. The van der Waals surface area contributed by atoms with E-state index in [1.54, 1.807) is 19.4 Å². The van der Waals surface area contributed by atoms with Crippen LogP contribution in [-0.4, -0.2) is 27.0 Å². The Kier molecular flexibility index (Phi) is 4.01. The molecule has 0 unspecified atom stereocenters. The minimum absolute atomic E-state index is 0.121. The lowest BCUT2D eigenvalue weighted by atomic mass is 10.2. The molecule has 0 spiro atoms. The lowest BCUT2D eigenvalue weighted by Crippen LogP contribution is -2.05. The number of hydrogen-bond acceptors (Lipinski definition) is 7. The van der Waals surface area contributed by atoms with Gasteiger partial charge in [0.05, 0.1) is 12.7 Å². The number of methoxy groups -OCH3 is 1. The highest BCUT2D eigenvalue weighted by atomic mass is 16.5. The lowest BCUT2D eigenvalue weighted by Gasteiger charge is -2.09. The molecule has 0 fully saturated rings. The normalized spacial score (nSPS) is 10.3. The number of nitrogens with one attached hydrogen (secondary N) is 1. The molecule has 23 heavy (non-hydrogen) atoms. The van der Waals surface area contributed by atoms with Gasteiger partial charge in [-0.05, 0) is 31.2 Å². The first-order chi connectivity index (χ1) is 11.2. The van der Waals surface area contributed by atoms with E-state index in [1.807, 2.05) is 37.3 Å². The molecule has 7 nitrogen and oxygen atoms in total. The fourth-order valence-electron chi connectivity index (χ4n) is 2.06. The Bertz CT molecular complexity index is 819. The third kappa shape index (κ3) is 3.34. The molecule has 0 saturated heterocycles. The molecule has 0 bridgehead atoms. The zero-order valence-electron chi connectivity index (χ0n) is 12.8. The largest absolute Gasteiger partial charge is 0.480 e. The second kappa shape index (κ2) is 6.27. The number of aryl methyl sites for hydroxylation is 1. The highest BCUT2D eigenvalue weighted by Gasteiger charge is 2.12. The number of pyridine rings is 1. The Labute approximate surface area is 133 Å². The Hall–Kier alpha value is -3.22. The second-order valence-electron chi connectivity index (χ2n) is 4.89. The summed E-state index contributed by atoms with van der Waals surface area (Å²) in [6, 6.07) is 11.5. The molecule has 3 rings (SSSR count). The van der Waals surface area contributed by atoms with E-state index in [9.17, 15) is 0 Å². The number of hydrogen-bond donors (Lipinski definition) is 2. The first-order valence-corrected chi connectivity index (χ1v) is 7.00. The zero-order chi connectivity index (χ0) is 16.2. The molecule has 3 aromatic rings. The fraction of sp³-hybridized carbons (Fsp3) is 0.125. The van der Waals surface area contributed by atoms with E-state index in [2.05, 4.69) is 25.3 Å². The third-order valence-corrected chi connectivity index (χ3v) is 3.17. The summed E-state index contributed by atoms with van der Waals surface area (Å²) >= 11 is 0. The monoisotopic (exact) mass is 308 g/mol. The van der Waals surface area contributed by atoms with E-state index in [1.165, 1.54) is 5.56 Å². The van der Waals surface area contributed by atoms with E-state index in [0.717, 1.165) is 5.69 Å². The van der Waals surface area contributed by atoms with Crippen LogP contribution in [0.2, 0.25) is 0 Å². The molecule has 0 amide bonds. The van der Waals surface area contributed by atoms with Gasteiger partial charge in [0.1, 0.15) is 0 Å². The van der Waals surface area contributed by atoms with E-state index in [-0.39, 0.29) is 5.95 Å². The molecule has 0 aliphatic rings. The molecule has 0 radical (unpaired) electrons. The number of anilines is 3. The second-order valence-corrected chi connectivity index (χ2v) is 4.89. The van der Waals surface area contributed by atoms with Crippen molar-refractivity contribution in [2.75, 3.05) is 18.2 Å². The van der Waals surface area contributed by atoms with E-state index in [4.69, 9.17) is 10.5 Å². The highest BCUT2D eigenvalue weighted by molar-refractivity contribution is 5.64. The fourth-order valence-corrected chi connectivity index (χ4v) is 2.06. The summed E-state index contributed by atoms with van der Waals surface area (Å²) < 4.78 is 5.24. The highest BCUT2D eigenvalue weighted by Crippen LogP contribution is 2.26. The molecule has 2 heterocycles. The lowest BCUT2D eigenvalue weighted by molar-refractivity contribution is 0.399. The van der Waals surface area contributed by atoms with Gasteiger partial charge in [-0.3, -0.25) is 0 Å². The van der Waals surface area contributed by atoms with Gasteiger partial charge in [0.25, 0.3) is 0 Å². The molecule has 2 aromatic heterocycles. The van der Waals surface area contributed by atoms with E-state index >= 15 is 0 Å². The van der Waals surface area contributed by atoms with Gasteiger partial charge in [-0.2, -0.15) is 15.0 Å². The van der Waals surface area contributed by atoms with Crippen molar-refractivity contribution in [1.82, 2.24) is 19.9 Å². The van der Waals surface area contributed by atoms with Crippen molar-refractivity contribution in [2.24, 2.45) is 0 Å². The number of ether oxygens (including phenoxy) is 1. The van der Waals surface area contributed by atoms with Crippen molar-refractivity contribution < 1.29 is 4.74 Å². The van der Waals surface area contributed by atoms with Crippen molar-refractivity contribution in [3.05, 3.63) is 48.2 Å². The van der Waals surface area contributed by atoms with Crippen molar-refractivity contribution in [1.29, 1.82) is 0 Å². The van der Waals surface area contributed by atoms with Crippen LogP contribution in [0.3, 0.4) is 0 Å². The minimum atomic E-state index is 0.121. The predicted octanol–water partition coefficient (Wildman–Crippen LogP) is 2.58. The SMILES string of the molecule is COc1ncccc1-c1nc(N)nc(Nc2ccc(C)cc2)n1. The minimum Gasteiger partial charge on any atom is -0.480 e. The maximum Gasteiger partial charge on any atom is 0.232 e. The summed E-state index contributed by atoms with van der Waals surface area (Å²) in [7, 11) is 1.54. The van der Waals surface area contributed by atoms with Gasteiger partial charge < -0.3 is 15.8 Å². The van der Waals surface area contributed by atoms with Crippen LogP contribution in [0.15, 0.2) is 42.6 Å². The van der Waals surface area contributed by atoms with Gasteiger partial charge in [-0.15, -0.1) is 0 Å². The van der Waals surface area contributed by atoms with Crippen LogP contribution in [0.25, 0.3) is 11.4 Å². The topological polar surface area (TPSA) is 98.8 Å². The zero-order valence-corrected chi connectivity index (χ0v) is 12.8. The maximum atomic E-state index is 5.80. The smallest absolute Gasteiger partial charge is 0.232 e. The van der Waals surface area contributed by atoms with Crippen LogP contribution in [0.5, 0.6) is 5.88 Å². The van der Waals surface area contributed by atoms with Crippen molar-refractivity contribution in [3.63, 3.8) is 0 Å². The van der Waals surface area contributed by atoms with Crippen LogP contribution in [0.4, 0.5) is 17.6 Å². The van der Waals surface area contributed by atoms with Crippen LogP contribution in [0, 0.1) is 6.92 Å². The van der Waals surface area contributed by atoms with Gasteiger partial charge in [0, 0.05) is 11.9 Å².